The molecule has 364 valence electrons. The number of nitrogens with zero attached hydrogens (tertiary/aromatic N) is 6. The number of phenolic OH excluding ortho intramolecular Hbond substituents is 1. The fourth-order valence-corrected chi connectivity index (χ4v) is 11.3. The molecular weight excluding hydrogens is 1080 g/mol. The molecule has 0 saturated carbocycles. The number of hydrogen-bond donors (Lipinski definition) is 1. The molecule has 0 unspecified atom stereocenters. The van der Waals surface area contributed by atoms with Crippen LogP contribution in [0.1, 0.15) is 64.3 Å². The molecule has 0 spiro atoms. The van der Waals surface area contributed by atoms with Crippen LogP contribution in [0.3, 0.4) is 0 Å². The Kier molecular flexibility index (Phi) is 14.3. The predicted octanol–water partition coefficient (Wildman–Crippen LogP) is 15.5. The number of benzene rings is 6. The van der Waals surface area contributed by atoms with Crippen LogP contribution in [-0.2, 0) is 44.0 Å². The van der Waals surface area contributed by atoms with Crippen LogP contribution in [0, 0.1) is 6.07 Å². The molecule has 1 N–H and O–H groups in total. The maximum absolute atomic E-state index is 12.6. The maximum Gasteiger partial charge on any atom is 0.163 e. The third-order valence-corrected chi connectivity index (χ3v) is 15.4. The minimum absolute atomic E-state index is 0. The smallest absolute Gasteiger partial charge is 0.163 e. The summed E-state index contributed by atoms with van der Waals surface area (Å²) < 4.78 is 2.25. The molecule has 3 aromatic heterocycles. The number of aromatic nitrogens is 6. The van der Waals surface area contributed by atoms with E-state index >= 15 is 0 Å². The zero-order valence-corrected chi connectivity index (χ0v) is 47.5. The molecular formula is C61H65N6OPtSi2-. The minimum Gasteiger partial charge on any atom is -0.507 e. The fraction of sp³-hybridized carbons (Fsp3) is 0.262. The molecule has 0 saturated heterocycles. The van der Waals surface area contributed by atoms with Crippen molar-refractivity contribution in [3.05, 3.63) is 175 Å². The Balaban J connectivity index is 0.00000676. The number of pyridine rings is 1. The molecule has 9 rings (SSSR count). The number of imidazole rings is 1. The van der Waals surface area contributed by atoms with Crippen LogP contribution < -0.4 is 0 Å². The Morgan fingerprint density at radius 3 is 1.77 bits per heavy atom. The molecule has 6 aromatic carbocycles. The van der Waals surface area contributed by atoms with Crippen molar-refractivity contribution in [3.63, 3.8) is 0 Å². The van der Waals surface area contributed by atoms with E-state index in [4.69, 9.17) is 19.9 Å². The van der Waals surface area contributed by atoms with Gasteiger partial charge in [0.05, 0.1) is 38.4 Å². The average molecular weight is 1150 g/mol. The Morgan fingerprint density at radius 1 is 0.535 bits per heavy atom. The normalized spacial score (nSPS) is 12.3. The van der Waals surface area contributed by atoms with Gasteiger partial charge in [-0.2, -0.15) is 0 Å². The molecule has 0 aliphatic heterocycles. The van der Waals surface area contributed by atoms with Crippen molar-refractivity contribution in [2.45, 2.75) is 104 Å². The van der Waals surface area contributed by atoms with Gasteiger partial charge in [0.25, 0.3) is 0 Å². The van der Waals surface area contributed by atoms with Crippen LogP contribution in [0.5, 0.6) is 5.75 Å². The summed E-state index contributed by atoms with van der Waals surface area (Å²) in [5.74, 6) is 3.46. The zero-order chi connectivity index (χ0) is 49.8. The number of fused-ring (bicyclic) bond motifs is 1. The van der Waals surface area contributed by atoms with Gasteiger partial charge < -0.3 is 5.11 Å². The summed E-state index contributed by atoms with van der Waals surface area (Å²) in [6.07, 6.45) is 1.81. The monoisotopic (exact) mass is 1150 g/mol. The van der Waals surface area contributed by atoms with E-state index in [1.54, 1.807) is 0 Å². The van der Waals surface area contributed by atoms with Gasteiger partial charge in [0.15, 0.2) is 5.82 Å². The van der Waals surface area contributed by atoms with Crippen LogP contribution in [0.15, 0.2) is 146 Å². The summed E-state index contributed by atoms with van der Waals surface area (Å²) in [5.41, 5.74) is 13.7. The van der Waals surface area contributed by atoms with Crippen LogP contribution in [-0.4, -0.2) is 50.7 Å². The van der Waals surface area contributed by atoms with E-state index in [1.807, 2.05) is 30.5 Å². The first kappa shape index (κ1) is 51.2. The van der Waals surface area contributed by atoms with Crippen LogP contribution in [0.25, 0.3) is 84.1 Å². The van der Waals surface area contributed by atoms with Gasteiger partial charge in [-0.1, -0.05) is 183 Å². The second-order valence-electron chi connectivity index (χ2n) is 23.2. The van der Waals surface area contributed by atoms with Gasteiger partial charge in [-0.25, -0.2) is 19.9 Å². The van der Waals surface area contributed by atoms with E-state index in [1.165, 1.54) is 0 Å². The molecule has 71 heavy (non-hydrogen) atoms. The molecule has 0 fully saturated rings. The third-order valence-electron chi connectivity index (χ3n) is 12.6. The van der Waals surface area contributed by atoms with Crippen LogP contribution in [0.4, 0.5) is 0 Å². The summed E-state index contributed by atoms with van der Waals surface area (Å²) in [4.78, 5) is 25.4. The van der Waals surface area contributed by atoms with Gasteiger partial charge in [0.1, 0.15) is 23.2 Å². The van der Waals surface area contributed by atoms with E-state index in [0.717, 1.165) is 108 Å². The van der Waals surface area contributed by atoms with Gasteiger partial charge in [0.2, 0.25) is 0 Å². The minimum atomic E-state index is -1.47. The molecule has 0 bridgehead atoms. The molecule has 0 aliphatic rings. The van der Waals surface area contributed by atoms with Crippen molar-refractivity contribution >= 4 is 27.2 Å². The first-order valence-electron chi connectivity index (χ1n) is 24.5. The topological polar surface area (TPSA) is 89.6 Å². The second kappa shape index (κ2) is 19.8. The second-order valence-corrected chi connectivity index (χ2v) is 34.1. The standard InChI is InChI=1S/C61H65N6OSi2.Pt/c1-60(2,3)46-36-49(57(68)50(37-46)61(4,5)6)59-66-56-47(44-22-18-23-45(34-44)51-25-16-17-33-62-51)24-19-26-53(56)67(59)52-32-31-43(35-48(52)41-20-14-13-15-21-41)40-27-29-42(30-28-40)58-64-54(38-69(7,8)9)63-55(65-58)39-70(10,11)12;/h13-33,35-37,68H,38-39H2,1-12H3;/q-1;. The molecule has 0 amide bonds. The number of rotatable bonds is 11. The fourth-order valence-electron chi connectivity index (χ4n) is 9.12. The van der Waals surface area contributed by atoms with E-state index in [-0.39, 0.29) is 37.6 Å². The summed E-state index contributed by atoms with van der Waals surface area (Å²) >= 11 is 0. The van der Waals surface area contributed by atoms with E-state index in [2.05, 4.69) is 212 Å². The first-order valence-corrected chi connectivity index (χ1v) is 31.9. The van der Waals surface area contributed by atoms with Crippen molar-refractivity contribution in [1.82, 2.24) is 29.5 Å². The maximum atomic E-state index is 12.6. The Morgan fingerprint density at radius 2 is 1.15 bits per heavy atom. The molecule has 0 atom stereocenters. The molecule has 9 aromatic rings. The SMILES string of the molecule is CC(C)(C)c1cc(-c2nc3c(-c4[c-]c(-c5ccccn5)ccc4)cccc3n2-c2ccc(-c3ccc(-c4nc(C[Si](C)(C)C)nc(C[Si](C)(C)C)n4)cc3)cc2-c2ccccc2)c(O)c(C(C)(C)C)c1.[Pt]. The summed E-state index contributed by atoms with van der Waals surface area (Å²) in [6.45, 7) is 27.3. The third kappa shape index (κ3) is 11.3. The molecule has 3 heterocycles. The molecule has 0 radical (unpaired) electrons. The van der Waals surface area contributed by atoms with Gasteiger partial charge in [-0.15, -0.1) is 29.8 Å². The molecule has 0 aliphatic carbocycles. The van der Waals surface area contributed by atoms with Crippen molar-refractivity contribution in [2.75, 3.05) is 0 Å². The number of para-hydroxylation sites is 1. The van der Waals surface area contributed by atoms with E-state index in [0.29, 0.717) is 11.4 Å². The summed E-state index contributed by atoms with van der Waals surface area (Å²) in [7, 11) is -2.94. The number of phenols is 1. The van der Waals surface area contributed by atoms with Crippen molar-refractivity contribution in [1.29, 1.82) is 0 Å². The average Bonchev–Trinajstić information content (AvgIpc) is 3.69. The van der Waals surface area contributed by atoms with Gasteiger partial charge in [-0.3, -0.25) is 9.55 Å². The summed E-state index contributed by atoms with van der Waals surface area (Å²) in [6, 6.07) is 54.2. The quantitative estimate of drug-likeness (QED) is 0.103. The first-order chi connectivity index (χ1) is 33.1. The Bertz CT molecular complexity index is 3330. The Hall–Kier alpha value is -6.13. The predicted molar refractivity (Wildman–Crippen MR) is 297 cm³/mol. The molecule has 7 nitrogen and oxygen atoms in total. The van der Waals surface area contributed by atoms with Crippen molar-refractivity contribution < 1.29 is 26.2 Å². The largest absolute Gasteiger partial charge is 0.507 e. The zero-order valence-electron chi connectivity index (χ0n) is 43.2. The summed E-state index contributed by atoms with van der Waals surface area (Å²) in [5, 5.41) is 12.6. The molecule has 10 heteroatoms. The van der Waals surface area contributed by atoms with Gasteiger partial charge in [-0.05, 0) is 63.4 Å². The van der Waals surface area contributed by atoms with Crippen LogP contribution >= 0.6 is 0 Å². The van der Waals surface area contributed by atoms with Gasteiger partial charge in [0, 0.05) is 61.7 Å². The van der Waals surface area contributed by atoms with Crippen LogP contribution in [0.2, 0.25) is 39.3 Å². The van der Waals surface area contributed by atoms with E-state index in [9.17, 15) is 5.11 Å². The van der Waals surface area contributed by atoms with E-state index < -0.39 is 16.1 Å². The van der Waals surface area contributed by atoms with Crippen molar-refractivity contribution in [2.24, 2.45) is 0 Å². The number of aromatic hydroxyl groups is 1. The Labute approximate surface area is 437 Å². The van der Waals surface area contributed by atoms with Crippen molar-refractivity contribution in [3.8, 4) is 78.9 Å². The number of hydrogen-bond acceptors (Lipinski definition) is 6. The van der Waals surface area contributed by atoms with Gasteiger partial charge >= 0.3 is 0 Å².